The monoisotopic (exact) mass is 466 g/mol. The maximum atomic E-state index is 5.98. The summed E-state index contributed by atoms with van der Waals surface area (Å²) in [6, 6.07) is 2.76. The Morgan fingerprint density at radius 3 is 2.68 bits per heavy atom. The SMILES string of the molecule is CCCCNc1nc(N)nc2c(C)nn(Cc3ncc(C4CCN(C(C)C)CC4)cc3OC)c12. The number of nitrogens with two attached hydrogens (primary N) is 1. The molecule has 9 heteroatoms. The summed E-state index contributed by atoms with van der Waals surface area (Å²) in [5, 5.41) is 8.16. The highest BCUT2D eigenvalue weighted by atomic mass is 16.5. The van der Waals surface area contributed by atoms with Crippen LogP contribution in [0.5, 0.6) is 5.75 Å². The van der Waals surface area contributed by atoms with Gasteiger partial charge in [0.05, 0.1) is 19.3 Å². The largest absolute Gasteiger partial charge is 0.495 e. The van der Waals surface area contributed by atoms with Crippen molar-refractivity contribution in [2.45, 2.75) is 71.9 Å². The van der Waals surface area contributed by atoms with E-state index in [2.05, 4.69) is 47.0 Å². The lowest BCUT2D eigenvalue weighted by molar-refractivity contribution is 0.171. The summed E-state index contributed by atoms with van der Waals surface area (Å²) in [5.41, 5.74) is 10.5. The minimum Gasteiger partial charge on any atom is -0.495 e. The summed E-state index contributed by atoms with van der Waals surface area (Å²) in [5.74, 6) is 2.27. The van der Waals surface area contributed by atoms with Crippen LogP contribution in [0.4, 0.5) is 11.8 Å². The van der Waals surface area contributed by atoms with E-state index in [1.165, 1.54) is 5.56 Å². The lowest BCUT2D eigenvalue weighted by Crippen LogP contribution is -2.37. The first-order valence-corrected chi connectivity index (χ1v) is 12.4. The number of fused-ring (bicyclic) bond motifs is 1. The number of aryl methyl sites for hydroxylation is 1. The van der Waals surface area contributed by atoms with Crippen LogP contribution in [0.15, 0.2) is 12.3 Å². The average Bonchev–Trinajstić information content (AvgIpc) is 3.14. The van der Waals surface area contributed by atoms with Crippen LogP contribution < -0.4 is 15.8 Å². The highest BCUT2D eigenvalue weighted by molar-refractivity contribution is 5.88. The number of piperidine rings is 1. The molecule has 1 fully saturated rings. The number of nitrogens with zero attached hydrogens (tertiary/aromatic N) is 6. The molecule has 0 amide bonds. The number of unbranched alkanes of at least 4 members (excludes halogenated alkanes) is 1. The van der Waals surface area contributed by atoms with E-state index in [-0.39, 0.29) is 5.95 Å². The summed E-state index contributed by atoms with van der Waals surface area (Å²) in [7, 11) is 1.71. The molecule has 0 radical (unpaired) electrons. The first-order chi connectivity index (χ1) is 16.4. The number of aromatic nitrogens is 5. The van der Waals surface area contributed by atoms with Crippen LogP contribution in [0.1, 0.15) is 69.3 Å². The molecule has 0 aromatic carbocycles. The van der Waals surface area contributed by atoms with Crippen LogP contribution >= 0.6 is 0 Å². The molecule has 0 bridgehead atoms. The molecule has 4 rings (SSSR count). The van der Waals surface area contributed by atoms with Gasteiger partial charge in [-0.1, -0.05) is 13.3 Å². The Morgan fingerprint density at radius 2 is 2.00 bits per heavy atom. The molecular formula is C25H38N8O. The van der Waals surface area contributed by atoms with E-state index in [1.807, 2.05) is 17.8 Å². The molecule has 3 aromatic heterocycles. The van der Waals surface area contributed by atoms with E-state index < -0.39 is 0 Å². The molecule has 0 spiro atoms. The van der Waals surface area contributed by atoms with E-state index in [0.29, 0.717) is 24.3 Å². The van der Waals surface area contributed by atoms with Crippen LogP contribution in [0.25, 0.3) is 11.0 Å². The molecule has 3 N–H and O–H groups in total. The van der Waals surface area contributed by atoms with Crippen molar-refractivity contribution in [3.63, 3.8) is 0 Å². The van der Waals surface area contributed by atoms with Gasteiger partial charge in [-0.25, -0.2) is 4.98 Å². The highest BCUT2D eigenvalue weighted by Gasteiger charge is 2.24. The van der Waals surface area contributed by atoms with Gasteiger partial charge in [-0.2, -0.15) is 10.1 Å². The molecule has 3 aromatic rings. The molecule has 0 aliphatic carbocycles. The minimum absolute atomic E-state index is 0.248. The molecule has 0 atom stereocenters. The summed E-state index contributed by atoms with van der Waals surface area (Å²) in [4.78, 5) is 16.3. The normalized spacial score (nSPS) is 15.4. The molecule has 1 saturated heterocycles. The minimum atomic E-state index is 0.248. The first-order valence-electron chi connectivity index (χ1n) is 12.4. The van der Waals surface area contributed by atoms with Gasteiger partial charge in [-0.05, 0) is 70.7 Å². The average molecular weight is 467 g/mol. The van der Waals surface area contributed by atoms with E-state index >= 15 is 0 Å². The Hall–Kier alpha value is -2.94. The molecule has 184 valence electrons. The Labute approximate surface area is 202 Å². The number of ether oxygens (including phenoxy) is 1. The van der Waals surface area contributed by atoms with Gasteiger partial charge in [-0.3, -0.25) is 9.67 Å². The third-order valence-electron chi connectivity index (χ3n) is 6.80. The fraction of sp³-hybridized carbons (Fsp3) is 0.600. The van der Waals surface area contributed by atoms with Crippen LogP contribution in [0.3, 0.4) is 0 Å². The van der Waals surface area contributed by atoms with E-state index in [0.717, 1.165) is 73.5 Å². The van der Waals surface area contributed by atoms with Gasteiger partial charge >= 0.3 is 0 Å². The maximum Gasteiger partial charge on any atom is 0.222 e. The highest BCUT2D eigenvalue weighted by Crippen LogP contribution is 2.32. The molecule has 9 nitrogen and oxygen atoms in total. The van der Waals surface area contributed by atoms with Crippen molar-refractivity contribution >= 4 is 22.8 Å². The van der Waals surface area contributed by atoms with E-state index in [4.69, 9.17) is 20.6 Å². The van der Waals surface area contributed by atoms with Crippen molar-refractivity contribution in [1.29, 1.82) is 0 Å². The predicted octanol–water partition coefficient (Wildman–Crippen LogP) is 3.97. The molecule has 0 unspecified atom stereocenters. The zero-order chi connectivity index (χ0) is 24.2. The molecule has 4 heterocycles. The van der Waals surface area contributed by atoms with Crippen molar-refractivity contribution in [3.05, 3.63) is 29.2 Å². The second kappa shape index (κ2) is 10.5. The quantitative estimate of drug-likeness (QED) is 0.456. The number of likely N-dealkylation sites (tertiary alicyclic amines) is 1. The van der Waals surface area contributed by atoms with Crippen molar-refractivity contribution < 1.29 is 4.74 Å². The van der Waals surface area contributed by atoms with E-state index in [9.17, 15) is 0 Å². The van der Waals surface area contributed by atoms with Crippen molar-refractivity contribution in [2.75, 3.05) is 37.8 Å². The van der Waals surface area contributed by atoms with Crippen LogP contribution in [0, 0.1) is 6.92 Å². The lowest BCUT2D eigenvalue weighted by Gasteiger charge is -2.34. The third-order valence-corrected chi connectivity index (χ3v) is 6.80. The van der Waals surface area contributed by atoms with Crippen LogP contribution in [-0.2, 0) is 6.54 Å². The Bertz CT molecular complexity index is 1120. The first kappa shape index (κ1) is 24.2. The fourth-order valence-corrected chi connectivity index (χ4v) is 4.77. The van der Waals surface area contributed by atoms with E-state index in [1.54, 1.807) is 7.11 Å². The molecule has 0 saturated carbocycles. The Morgan fingerprint density at radius 1 is 1.24 bits per heavy atom. The van der Waals surface area contributed by atoms with Gasteiger partial charge in [0, 0.05) is 18.8 Å². The number of hydrogen-bond acceptors (Lipinski definition) is 8. The third kappa shape index (κ3) is 5.09. The summed E-state index contributed by atoms with van der Waals surface area (Å²) < 4.78 is 7.68. The van der Waals surface area contributed by atoms with Gasteiger partial charge < -0.3 is 20.7 Å². The summed E-state index contributed by atoms with van der Waals surface area (Å²) >= 11 is 0. The smallest absolute Gasteiger partial charge is 0.222 e. The second-order valence-electron chi connectivity index (χ2n) is 9.47. The Kier molecular flexibility index (Phi) is 7.50. The second-order valence-corrected chi connectivity index (χ2v) is 9.47. The van der Waals surface area contributed by atoms with Crippen LogP contribution in [-0.4, -0.2) is 62.4 Å². The van der Waals surface area contributed by atoms with Gasteiger partial charge in [0.15, 0.2) is 5.82 Å². The van der Waals surface area contributed by atoms with Crippen molar-refractivity contribution in [2.24, 2.45) is 0 Å². The number of hydrogen-bond donors (Lipinski definition) is 2. The molecular weight excluding hydrogens is 428 g/mol. The van der Waals surface area contributed by atoms with Gasteiger partial charge in [-0.15, -0.1) is 0 Å². The topological polar surface area (TPSA) is 107 Å². The zero-order valence-corrected chi connectivity index (χ0v) is 21.1. The van der Waals surface area contributed by atoms with Crippen molar-refractivity contribution in [3.8, 4) is 5.75 Å². The van der Waals surface area contributed by atoms with Gasteiger partial charge in [0.25, 0.3) is 0 Å². The molecule has 34 heavy (non-hydrogen) atoms. The van der Waals surface area contributed by atoms with Gasteiger partial charge in [0.2, 0.25) is 5.95 Å². The molecule has 1 aliphatic heterocycles. The summed E-state index contributed by atoms with van der Waals surface area (Å²) in [6.45, 7) is 12.2. The lowest BCUT2D eigenvalue weighted by atomic mass is 9.89. The van der Waals surface area contributed by atoms with Crippen LogP contribution in [0.2, 0.25) is 0 Å². The number of anilines is 2. The summed E-state index contributed by atoms with van der Waals surface area (Å²) in [6.07, 6.45) is 6.46. The number of rotatable bonds is 9. The number of nitrogen functional groups attached to an aromatic ring is 1. The van der Waals surface area contributed by atoms with Gasteiger partial charge in [0.1, 0.15) is 22.5 Å². The number of nitrogens with one attached hydrogen (secondary N) is 1. The predicted molar refractivity (Wildman–Crippen MR) is 136 cm³/mol. The number of methoxy groups -OCH3 is 1. The zero-order valence-electron chi connectivity index (χ0n) is 21.1. The maximum absolute atomic E-state index is 5.98. The Balaban J connectivity index is 1.60. The number of pyridine rings is 1. The molecule has 1 aliphatic rings. The van der Waals surface area contributed by atoms with Crippen molar-refractivity contribution in [1.82, 2.24) is 29.6 Å². The fourth-order valence-electron chi connectivity index (χ4n) is 4.77. The standard InChI is InChI=1S/C25H38N8O/c1-6-7-10-27-24-23-22(29-25(26)30-24)17(4)31-33(23)15-20-21(34-5)13-19(14-28-20)18-8-11-32(12-9-18)16(2)3/h13-14,16,18H,6-12,15H2,1-5H3,(H3,26,27,29,30).